The number of carbonyl (C=O) groups excluding carboxylic acids is 1. The maximum absolute atomic E-state index is 12.7. The van der Waals surface area contributed by atoms with Crippen LogP contribution in [0.3, 0.4) is 0 Å². The number of ether oxygens (including phenoxy) is 2. The van der Waals surface area contributed by atoms with Crippen LogP contribution in [0.4, 0.5) is 11.4 Å². The molecule has 4 rings (SSSR count). The zero-order chi connectivity index (χ0) is 21.8. The van der Waals surface area contributed by atoms with Gasteiger partial charge in [0.1, 0.15) is 11.5 Å². The number of hydrogen-bond acceptors (Lipinski definition) is 6. The van der Waals surface area contributed by atoms with Gasteiger partial charge in [0.05, 0.1) is 12.8 Å². The molecule has 0 bridgehead atoms. The van der Waals surface area contributed by atoms with Crippen LogP contribution in [0.15, 0.2) is 42.6 Å². The molecular weight excluding hydrogens is 394 g/mol. The molecule has 8 heteroatoms. The summed E-state index contributed by atoms with van der Waals surface area (Å²) in [6.07, 6.45) is 2.77. The fourth-order valence-electron chi connectivity index (χ4n) is 4.00. The van der Waals surface area contributed by atoms with Gasteiger partial charge in [-0.1, -0.05) is 0 Å². The molecule has 0 aliphatic carbocycles. The van der Waals surface area contributed by atoms with Crippen molar-refractivity contribution >= 4 is 28.2 Å². The van der Waals surface area contributed by atoms with Crippen LogP contribution < -0.4 is 25.8 Å². The van der Waals surface area contributed by atoms with Gasteiger partial charge in [-0.3, -0.25) is 4.79 Å². The third-order valence-electron chi connectivity index (χ3n) is 5.69. The van der Waals surface area contributed by atoms with E-state index in [4.69, 9.17) is 20.9 Å². The van der Waals surface area contributed by atoms with Crippen molar-refractivity contribution in [1.29, 1.82) is 0 Å². The summed E-state index contributed by atoms with van der Waals surface area (Å²) in [5.74, 6) is 1.42. The minimum atomic E-state index is -0.0136. The van der Waals surface area contributed by atoms with Crippen molar-refractivity contribution in [3.8, 4) is 11.5 Å². The summed E-state index contributed by atoms with van der Waals surface area (Å²) in [5, 5.41) is 1.08. The molecule has 1 aliphatic heterocycles. The summed E-state index contributed by atoms with van der Waals surface area (Å²) in [7, 11) is 1.64. The molecule has 2 aromatic carbocycles. The largest absolute Gasteiger partial charge is 0.495 e. The Kier molecular flexibility index (Phi) is 6.18. The number of amides is 1. The predicted molar refractivity (Wildman–Crippen MR) is 123 cm³/mol. The number of aromatic amines is 1. The van der Waals surface area contributed by atoms with Gasteiger partial charge in [0.15, 0.2) is 6.61 Å². The molecule has 0 atom stereocenters. The van der Waals surface area contributed by atoms with E-state index in [2.05, 4.69) is 9.88 Å². The van der Waals surface area contributed by atoms with Gasteiger partial charge in [0.2, 0.25) is 0 Å². The number of H-pyrrole nitrogens is 1. The van der Waals surface area contributed by atoms with Crippen LogP contribution >= 0.6 is 0 Å². The minimum absolute atomic E-state index is 0.0136. The Bertz CT molecular complexity index is 1060. The lowest BCUT2D eigenvalue weighted by Crippen LogP contribution is -2.50. The summed E-state index contributed by atoms with van der Waals surface area (Å²) >= 11 is 0. The maximum atomic E-state index is 12.7. The third kappa shape index (κ3) is 4.54. The average molecular weight is 424 g/mol. The molecule has 164 valence electrons. The lowest BCUT2D eigenvalue weighted by Gasteiger charge is -2.36. The number of methoxy groups -OCH3 is 1. The first-order valence-corrected chi connectivity index (χ1v) is 10.5. The number of carbonyl (C=O) groups is 1. The first-order valence-electron chi connectivity index (χ1n) is 10.5. The highest BCUT2D eigenvalue weighted by Gasteiger charge is 2.23. The van der Waals surface area contributed by atoms with Gasteiger partial charge < -0.3 is 35.7 Å². The first kappa shape index (κ1) is 20.9. The molecule has 1 saturated heterocycles. The lowest BCUT2D eigenvalue weighted by atomic mass is 10.1. The van der Waals surface area contributed by atoms with E-state index in [-0.39, 0.29) is 12.5 Å². The Morgan fingerprint density at radius 3 is 2.68 bits per heavy atom. The van der Waals surface area contributed by atoms with Gasteiger partial charge in [-0.05, 0) is 48.9 Å². The third-order valence-corrected chi connectivity index (χ3v) is 5.69. The molecule has 0 unspecified atom stereocenters. The Morgan fingerprint density at radius 2 is 1.94 bits per heavy atom. The summed E-state index contributed by atoms with van der Waals surface area (Å²) < 4.78 is 11.3. The highest BCUT2D eigenvalue weighted by Crippen LogP contribution is 2.31. The predicted octanol–water partition coefficient (Wildman–Crippen LogP) is 1.99. The highest BCUT2D eigenvalue weighted by molar-refractivity contribution is 5.85. The van der Waals surface area contributed by atoms with Crippen molar-refractivity contribution in [2.75, 3.05) is 57.1 Å². The van der Waals surface area contributed by atoms with Gasteiger partial charge in [-0.2, -0.15) is 0 Å². The number of nitrogen functional groups attached to an aromatic ring is 1. The van der Waals surface area contributed by atoms with E-state index in [0.29, 0.717) is 31.1 Å². The van der Waals surface area contributed by atoms with E-state index in [0.717, 1.165) is 47.4 Å². The topological polar surface area (TPSA) is 110 Å². The quantitative estimate of drug-likeness (QED) is 0.502. The number of nitrogens with two attached hydrogens (primary N) is 2. The molecule has 31 heavy (non-hydrogen) atoms. The van der Waals surface area contributed by atoms with Crippen LogP contribution in [-0.4, -0.2) is 62.2 Å². The highest BCUT2D eigenvalue weighted by atomic mass is 16.5. The van der Waals surface area contributed by atoms with Gasteiger partial charge in [-0.25, -0.2) is 0 Å². The smallest absolute Gasteiger partial charge is 0.260 e. The second kappa shape index (κ2) is 9.18. The molecule has 1 aliphatic rings. The number of rotatable bonds is 7. The van der Waals surface area contributed by atoms with Crippen molar-refractivity contribution < 1.29 is 14.3 Å². The lowest BCUT2D eigenvalue weighted by molar-refractivity contribution is -0.133. The van der Waals surface area contributed by atoms with Crippen molar-refractivity contribution in [3.63, 3.8) is 0 Å². The standard InChI is InChI=1S/C23H29N5O3/c1-30-22-12-17(25)2-5-21(22)27-8-10-28(11-9-27)23(29)15-31-18-3-4-20-19(13-18)16(6-7-24)14-26-20/h2-5,12-14,26H,6-11,15,24-25H2,1H3. The molecule has 1 fully saturated rings. The fraction of sp³-hybridized carbons (Fsp3) is 0.348. The van der Waals surface area contributed by atoms with E-state index >= 15 is 0 Å². The summed E-state index contributed by atoms with van der Waals surface area (Å²) in [4.78, 5) is 20.0. The van der Waals surface area contributed by atoms with E-state index in [9.17, 15) is 4.79 Å². The van der Waals surface area contributed by atoms with Gasteiger partial charge in [-0.15, -0.1) is 0 Å². The molecule has 0 spiro atoms. The number of benzene rings is 2. The Balaban J connectivity index is 1.33. The SMILES string of the molecule is COc1cc(N)ccc1N1CCN(C(=O)COc2ccc3[nH]cc(CCN)c3c2)CC1. The normalized spacial score (nSPS) is 14.1. The van der Waals surface area contributed by atoms with Crippen molar-refractivity contribution in [2.45, 2.75) is 6.42 Å². The first-order chi connectivity index (χ1) is 15.1. The Labute approximate surface area is 181 Å². The van der Waals surface area contributed by atoms with Gasteiger partial charge in [0, 0.05) is 55.0 Å². The van der Waals surface area contributed by atoms with Crippen LogP contribution in [0, 0.1) is 0 Å². The van der Waals surface area contributed by atoms with Crippen LogP contribution in [0.5, 0.6) is 11.5 Å². The number of piperazine rings is 1. The number of anilines is 2. The molecular formula is C23H29N5O3. The molecule has 0 saturated carbocycles. The number of aromatic nitrogens is 1. The Morgan fingerprint density at radius 1 is 1.13 bits per heavy atom. The van der Waals surface area contributed by atoms with E-state index in [1.165, 1.54) is 0 Å². The van der Waals surface area contributed by atoms with Crippen molar-refractivity contribution in [3.05, 3.63) is 48.2 Å². The van der Waals surface area contributed by atoms with Crippen LogP contribution in [0.1, 0.15) is 5.56 Å². The van der Waals surface area contributed by atoms with Crippen molar-refractivity contribution in [1.82, 2.24) is 9.88 Å². The number of nitrogens with zero attached hydrogens (tertiary/aromatic N) is 2. The fourth-order valence-corrected chi connectivity index (χ4v) is 4.00. The zero-order valence-corrected chi connectivity index (χ0v) is 17.8. The molecule has 5 N–H and O–H groups in total. The van der Waals surface area contributed by atoms with Crippen LogP contribution in [0.25, 0.3) is 10.9 Å². The molecule has 2 heterocycles. The second-order valence-corrected chi connectivity index (χ2v) is 7.65. The second-order valence-electron chi connectivity index (χ2n) is 7.65. The van der Waals surface area contributed by atoms with E-state index in [1.807, 2.05) is 47.5 Å². The van der Waals surface area contributed by atoms with Crippen LogP contribution in [-0.2, 0) is 11.2 Å². The number of fused-ring (bicyclic) bond motifs is 1. The monoisotopic (exact) mass is 423 g/mol. The van der Waals surface area contributed by atoms with E-state index in [1.54, 1.807) is 7.11 Å². The van der Waals surface area contributed by atoms with Crippen molar-refractivity contribution in [2.24, 2.45) is 5.73 Å². The van der Waals surface area contributed by atoms with E-state index < -0.39 is 0 Å². The minimum Gasteiger partial charge on any atom is -0.495 e. The Hall–Kier alpha value is -3.39. The molecule has 1 aromatic heterocycles. The van der Waals surface area contributed by atoms with Gasteiger partial charge >= 0.3 is 0 Å². The number of nitrogens with one attached hydrogen (secondary N) is 1. The molecule has 1 amide bonds. The maximum Gasteiger partial charge on any atom is 0.260 e. The van der Waals surface area contributed by atoms with Gasteiger partial charge in [0.25, 0.3) is 5.91 Å². The average Bonchev–Trinajstić information content (AvgIpc) is 3.20. The zero-order valence-electron chi connectivity index (χ0n) is 17.8. The summed E-state index contributed by atoms with van der Waals surface area (Å²) in [6.45, 7) is 3.33. The molecule has 8 nitrogen and oxygen atoms in total. The number of hydrogen-bond donors (Lipinski definition) is 3. The molecule has 3 aromatic rings. The summed E-state index contributed by atoms with van der Waals surface area (Å²) in [5.41, 5.74) is 15.4. The summed E-state index contributed by atoms with van der Waals surface area (Å²) in [6, 6.07) is 11.5. The molecule has 0 radical (unpaired) electrons. The van der Waals surface area contributed by atoms with Crippen LogP contribution in [0.2, 0.25) is 0 Å².